The first-order valence-corrected chi connectivity index (χ1v) is 7.67. The molecule has 2 aliphatic rings. The minimum Gasteiger partial charge on any atom is -0.485 e. The molecule has 1 saturated heterocycles. The van der Waals surface area contributed by atoms with Crippen molar-refractivity contribution >= 4 is 0 Å². The molecule has 0 radical (unpaired) electrons. The fourth-order valence-corrected chi connectivity index (χ4v) is 3.30. The van der Waals surface area contributed by atoms with Crippen LogP contribution in [0.1, 0.15) is 24.1 Å². The fourth-order valence-electron chi connectivity index (χ4n) is 3.30. The fraction of sp³-hybridized carbons (Fsp3) is 0.500. The van der Waals surface area contributed by atoms with Crippen LogP contribution in [-0.4, -0.2) is 40.6 Å². The first kappa shape index (κ1) is 13.7. The maximum atomic E-state index is 6.45. The Balaban J connectivity index is 1.64. The van der Waals surface area contributed by atoms with Gasteiger partial charge < -0.3 is 9.47 Å². The minimum atomic E-state index is -0.179. The number of aromatic nitrogens is 2. The van der Waals surface area contributed by atoms with Gasteiger partial charge in [-0.25, -0.2) is 4.63 Å². The molecular formula is C16H19N3O3. The molecule has 3 heterocycles. The van der Waals surface area contributed by atoms with Gasteiger partial charge in [0.1, 0.15) is 17.0 Å². The zero-order valence-electron chi connectivity index (χ0n) is 12.4. The van der Waals surface area contributed by atoms with Crippen LogP contribution in [0.5, 0.6) is 5.75 Å². The quantitative estimate of drug-likeness (QED) is 0.845. The minimum absolute atomic E-state index is 0.179. The van der Waals surface area contributed by atoms with Gasteiger partial charge in [0.05, 0.1) is 19.4 Å². The van der Waals surface area contributed by atoms with Gasteiger partial charge in [0.2, 0.25) is 0 Å². The molecule has 1 spiro atoms. The van der Waals surface area contributed by atoms with Crippen molar-refractivity contribution in [2.24, 2.45) is 0 Å². The van der Waals surface area contributed by atoms with Gasteiger partial charge in [0.25, 0.3) is 0 Å². The number of ether oxygens (including phenoxy) is 2. The van der Waals surface area contributed by atoms with Crippen molar-refractivity contribution in [2.75, 3.05) is 19.8 Å². The van der Waals surface area contributed by atoms with E-state index in [1.165, 1.54) is 5.56 Å². The van der Waals surface area contributed by atoms with Crippen LogP contribution in [-0.2, 0) is 17.8 Å². The standard InChI is InChI=1S/C16H19N3O3/c1-2-4-15-13(3-1)10-19(11-14-9-17-22-18-14)12-16(21-15)5-7-20-8-6-16/h1-4,9H,5-8,10-12H2. The van der Waals surface area contributed by atoms with E-state index in [1.54, 1.807) is 6.20 Å². The average molecular weight is 301 g/mol. The third-order valence-electron chi connectivity index (χ3n) is 4.40. The molecule has 0 atom stereocenters. The number of rotatable bonds is 2. The molecule has 0 aliphatic carbocycles. The second-order valence-corrected chi connectivity index (χ2v) is 6.05. The van der Waals surface area contributed by atoms with Crippen molar-refractivity contribution in [3.05, 3.63) is 41.7 Å². The number of hydrogen-bond acceptors (Lipinski definition) is 6. The van der Waals surface area contributed by atoms with E-state index in [1.807, 2.05) is 6.07 Å². The molecule has 0 saturated carbocycles. The van der Waals surface area contributed by atoms with E-state index in [-0.39, 0.29) is 5.60 Å². The molecule has 22 heavy (non-hydrogen) atoms. The Bertz CT molecular complexity index is 623. The summed E-state index contributed by atoms with van der Waals surface area (Å²) >= 11 is 0. The summed E-state index contributed by atoms with van der Waals surface area (Å²) in [5.41, 5.74) is 1.88. The maximum absolute atomic E-state index is 6.45. The van der Waals surface area contributed by atoms with Crippen molar-refractivity contribution in [2.45, 2.75) is 31.5 Å². The lowest BCUT2D eigenvalue weighted by molar-refractivity contribution is -0.0595. The zero-order valence-corrected chi connectivity index (χ0v) is 12.4. The summed E-state index contributed by atoms with van der Waals surface area (Å²) in [6, 6.07) is 8.28. The molecular weight excluding hydrogens is 282 g/mol. The Morgan fingerprint density at radius 2 is 2.05 bits per heavy atom. The predicted molar refractivity (Wildman–Crippen MR) is 78.3 cm³/mol. The van der Waals surface area contributed by atoms with E-state index in [9.17, 15) is 0 Å². The SMILES string of the molecule is c1ccc2c(c1)CN(Cc1cnon1)CC1(CCOCC1)O2. The van der Waals surface area contributed by atoms with Crippen LogP contribution in [0.15, 0.2) is 35.1 Å². The third kappa shape index (κ3) is 2.71. The Morgan fingerprint density at radius 3 is 2.86 bits per heavy atom. The van der Waals surface area contributed by atoms with Crippen LogP contribution in [0.4, 0.5) is 0 Å². The van der Waals surface area contributed by atoms with Gasteiger partial charge in [-0.2, -0.15) is 0 Å². The lowest BCUT2D eigenvalue weighted by Crippen LogP contribution is -2.49. The Labute approximate surface area is 129 Å². The molecule has 1 aromatic heterocycles. The van der Waals surface area contributed by atoms with Crippen molar-refractivity contribution in [1.82, 2.24) is 15.2 Å². The van der Waals surface area contributed by atoms with Crippen molar-refractivity contribution in [3.63, 3.8) is 0 Å². The Hall–Kier alpha value is -1.92. The molecule has 0 amide bonds. The monoisotopic (exact) mass is 301 g/mol. The van der Waals surface area contributed by atoms with Gasteiger partial charge in [-0.1, -0.05) is 28.5 Å². The summed E-state index contributed by atoms with van der Waals surface area (Å²) in [5.74, 6) is 0.991. The highest BCUT2D eigenvalue weighted by atomic mass is 16.6. The second-order valence-electron chi connectivity index (χ2n) is 6.05. The van der Waals surface area contributed by atoms with Crippen LogP contribution in [0, 0.1) is 0 Å². The predicted octanol–water partition coefficient (Wildman–Crippen LogP) is 2.01. The molecule has 0 N–H and O–H groups in total. The maximum Gasteiger partial charge on any atom is 0.126 e. The van der Waals surface area contributed by atoms with Crippen molar-refractivity contribution < 1.29 is 14.1 Å². The van der Waals surface area contributed by atoms with Gasteiger partial charge in [0, 0.05) is 38.0 Å². The topological polar surface area (TPSA) is 60.6 Å². The highest BCUT2D eigenvalue weighted by Crippen LogP contribution is 2.35. The third-order valence-corrected chi connectivity index (χ3v) is 4.40. The lowest BCUT2D eigenvalue weighted by Gasteiger charge is -2.38. The molecule has 116 valence electrons. The summed E-state index contributed by atoms with van der Waals surface area (Å²) in [7, 11) is 0. The van der Waals surface area contributed by atoms with Crippen molar-refractivity contribution in [3.8, 4) is 5.75 Å². The molecule has 6 nitrogen and oxygen atoms in total. The van der Waals surface area contributed by atoms with Gasteiger partial charge >= 0.3 is 0 Å². The summed E-state index contributed by atoms with van der Waals surface area (Å²) < 4.78 is 16.7. The van der Waals surface area contributed by atoms with E-state index in [0.717, 1.165) is 50.6 Å². The van der Waals surface area contributed by atoms with E-state index >= 15 is 0 Å². The molecule has 1 fully saturated rings. The first-order chi connectivity index (χ1) is 10.8. The van der Waals surface area contributed by atoms with Crippen LogP contribution in [0.3, 0.4) is 0 Å². The lowest BCUT2D eigenvalue weighted by atomic mass is 9.93. The van der Waals surface area contributed by atoms with Gasteiger partial charge in [-0.15, -0.1) is 0 Å². The molecule has 0 unspecified atom stereocenters. The van der Waals surface area contributed by atoms with E-state index in [4.69, 9.17) is 14.1 Å². The van der Waals surface area contributed by atoms with Crippen LogP contribution >= 0.6 is 0 Å². The van der Waals surface area contributed by atoms with E-state index in [2.05, 4.69) is 33.4 Å². The number of nitrogens with zero attached hydrogens (tertiary/aromatic N) is 3. The molecule has 4 rings (SSSR count). The Kier molecular flexibility index (Phi) is 3.56. The molecule has 2 aromatic rings. The highest BCUT2D eigenvalue weighted by Gasteiger charge is 2.39. The van der Waals surface area contributed by atoms with Crippen LogP contribution < -0.4 is 4.74 Å². The molecule has 2 aliphatic heterocycles. The highest BCUT2D eigenvalue weighted by molar-refractivity contribution is 5.35. The van der Waals surface area contributed by atoms with Gasteiger partial charge in [-0.3, -0.25) is 4.90 Å². The zero-order chi connectivity index (χ0) is 14.8. The molecule has 1 aromatic carbocycles. The van der Waals surface area contributed by atoms with Crippen LogP contribution in [0.2, 0.25) is 0 Å². The number of hydrogen-bond donors (Lipinski definition) is 0. The smallest absolute Gasteiger partial charge is 0.126 e. The first-order valence-electron chi connectivity index (χ1n) is 7.67. The largest absolute Gasteiger partial charge is 0.485 e. The van der Waals surface area contributed by atoms with Gasteiger partial charge in [-0.05, 0) is 6.07 Å². The average Bonchev–Trinajstić information content (AvgIpc) is 2.97. The molecule has 0 bridgehead atoms. The van der Waals surface area contributed by atoms with E-state index < -0.39 is 0 Å². The molecule has 6 heteroatoms. The summed E-state index contributed by atoms with van der Waals surface area (Å²) in [6.45, 7) is 3.91. The Morgan fingerprint density at radius 1 is 1.18 bits per heavy atom. The summed E-state index contributed by atoms with van der Waals surface area (Å²) in [4.78, 5) is 2.36. The second kappa shape index (κ2) is 5.70. The summed E-state index contributed by atoms with van der Waals surface area (Å²) in [6.07, 6.45) is 3.50. The van der Waals surface area contributed by atoms with Crippen LogP contribution in [0.25, 0.3) is 0 Å². The number of fused-ring (bicyclic) bond motifs is 1. The van der Waals surface area contributed by atoms with Crippen molar-refractivity contribution in [1.29, 1.82) is 0 Å². The number of benzene rings is 1. The number of para-hydroxylation sites is 1. The van der Waals surface area contributed by atoms with E-state index in [0.29, 0.717) is 6.54 Å². The normalized spacial score (nSPS) is 21.1. The summed E-state index contributed by atoms with van der Waals surface area (Å²) in [5, 5.41) is 7.63. The van der Waals surface area contributed by atoms with Gasteiger partial charge in [0.15, 0.2) is 0 Å².